The lowest BCUT2D eigenvalue weighted by Crippen LogP contribution is -2.54. The van der Waals surface area contributed by atoms with Gasteiger partial charge in [0.05, 0.1) is 54.6 Å². The van der Waals surface area contributed by atoms with Gasteiger partial charge in [0.2, 0.25) is 65.1 Å². The molecule has 2 aliphatic heterocycles. The van der Waals surface area contributed by atoms with E-state index in [1.165, 1.54) is 19.1 Å². The number of likely N-dealkylation sites (N-methyl/N-ethyl adjacent to an activating group) is 2. The van der Waals surface area contributed by atoms with Crippen LogP contribution in [0.15, 0.2) is 35.1 Å². The van der Waals surface area contributed by atoms with Crippen LogP contribution in [0.2, 0.25) is 0 Å². The maximum Gasteiger partial charge on any atom is 0.314 e. The van der Waals surface area contributed by atoms with Gasteiger partial charge < -0.3 is 60.3 Å². The van der Waals surface area contributed by atoms with Crippen molar-refractivity contribution in [2.45, 2.75) is 215 Å². The van der Waals surface area contributed by atoms with E-state index in [0.717, 1.165) is 13.3 Å². The number of nitrogens with one attached hydrogen (secondary N) is 4. The van der Waals surface area contributed by atoms with E-state index in [2.05, 4.69) is 31.5 Å². The monoisotopic (exact) mass is 1480 g/mol. The number of hydrogen-bond acceptors (Lipinski definition) is 18. The summed E-state index contributed by atoms with van der Waals surface area (Å²) in [5.74, 6) is -18.1. The SMILES string of the molecule is CC[C@H](C)[C@@H]([C@@H](CC(=O)N1CCC[C@H]1[C@H](OC)[C@@H](C)C(=O)C[C@@H](Cc1nnco1)C(=O)NCc1ccc(NC(=O)[C@H](CCCNC(N)=O)CC(=O)[C@@H](NC(=O)CCC(=O)N2CCC(C(=O)Oc3c(F)c(F)c(C)c(F)c3F)CC2C)C(C)C)cc1)OC)N(C)C(=O)[C@@H](CC(=O)[C@H](C(C)C)N(C)C)C(C)C. The van der Waals surface area contributed by atoms with Gasteiger partial charge in [0, 0.05) is 121 Å². The first kappa shape index (κ1) is 87.4. The molecule has 2 saturated heterocycles. The molecule has 0 spiro atoms. The summed E-state index contributed by atoms with van der Waals surface area (Å²) in [6.07, 6.45) is 0.435. The molecule has 6 N–H and O–H groups in total. The molecule has 584 valence electrons. The number of ketones is 3. The number of methoxy groups -OCH3 is 2. The van der Waals surface area contributed by atoms with Crippen LogP contribution in [0.4, 0.5) is 28.0 Å². The number of benzene rings is 2. The van der Waals surface area contributed by atoms with Crippen molar-refractivity contribution in [1.29, 1.82) is 0 Å². The number of nitrogens with zero attached hydrogens (tertiary/aromatic N) is 6. The summed E-state index contributed by atoms with van der Waals surface area (Å²) in [5, 5.41) is 18.7. The van der Waals surface area contributed by atoms with Crippen LogP contribution in [-0.2, 0) is 70.4 Å². The van der Waals surface area contributed by atoms with Crippen LogP contribution in [-0.4, -0.2) is 192 Å². The summed E-state index contributed by atoms with van der Waals surface area (Å²) < 4.78 is 79.7. The van der Waals surface area contributed by atoms with Crippen molar-refractivity contribution in [2.24, 2.45) is 59.0 Å². The number of ether oxygens (including phenoxy) is 3. The topological polar surface area (TPSA) is 341 Å². The number of urea groups is 1. The number of likely N-dealkylation sites (tertiary alicyclic amines) is 2. The number of carbonyl (C=O) groups excluding carboxylic acids is 11. The molecule has 2 unspecified atom stereocenters. The highest BCUT2D eigenvalue weighted by Gasteiger charge is 2.45. The molecule has 8 amide bonds. The van der Waals surface area contributed by atoms with Crippen LogP contribution < -0.4 is 31.7 Å². The lowest BCUT2D eigenvalue weighted by atomic mass is 9.83. The third-order valence-electron chi connectivity index (χ3n) is 20.7. The second-order valence-corrected chi connectivity index (χ2v) is 29.4. The molecule has 2 aromatic carbocycles. The molecule has 0 aliphatic carbocycles. The third-order valence-corrected chi connectivity index (χ3v) is 20.7. The van der Waals surface area contributed by atoms with E-state index in [1.54, 1.807) is 68.8 Å². The van der Waals surface area contributed by atoms with E-state index in [1.807, 2.05) is 60.5 Å². The number of halogens is 4. The fraction of sp³-hybridized carbons (Fsp3) is 0.667. The van der Waals surface area contributed by atoms with Crippen molar-refractivity contribution in [3.63, 3.8) is 0 Å². The Morgan fingerprint density at radius 3 is 1.93 bits per heavy atom. The Kier molecular flexibility index (Phi) is 34.1. The van der Waals surface area contributed by atoms with Gasteiger partial charge >= 0.3 is 12.0 Å². The van der Waals surface area contributed by atoms with Gasteiger partial charge in [-0.2, -0.15) is 8.78 Å². The minimum Gasteiger partial charge on any atom is -0.428 e. The quantitative estimate of drug-likeness (QED) is 0.0117. The number of nitrogens with two attached hydrogens (primary N) is 1. The first-order valence-corrected chi connectivity index (χ1v) is 36.4. The van der Waals surface area contributed by atoms with Crippen LogP contribution in [0.3, 0.4) is 0 Å². The van der Waals surface area contributed by atoms with Gasteiger partial charge in [-0.05, 0) is 108 Å². The zero-order chi connectivity index (χ0) is 78.4. The Labute approximate surface area is 613 Å². The van der Waals surface area contributed by atoms with Crippen molar-refractivity contribution in [1.82, 2.24) is 45.7 Å². The number of carbonyl (C=O) groups is 11. The Hall–Kier alpha value is -8.25. The molecule has 2 aliphatic rings. The number of rotatable bonds is 41. The average Bonchev–Trinajstić information content (AvgIpc) is 1.20. The number of hydrogen-bond donors (Lipinski definition) is 5. The minimum absolute atomic E-state index is 0.00963. The summed E-state index contributed by atoms with van der Waals surface area (Å²) >= 11 is 0. The summed E-state index contributed by atoms with van der Waals surface area (Å²) in [6, 6.07) is 2.61. The Balaban J connectivity index is 1.19. The molecule has 105 heavy (non-hydrogen) atoms. The van der Waals surface area contributed by atoms with E-state index in [4.69, 9.17) is 24.4 Å². The van der Waals surface area contributed by atoms with Gasteiger partial charge in [0.15, 0.2) is 23.2 Å². The van der Waals surface area contributed by atoms with Gasteiger partial charge in [-0.25, -0.2) is 13.6 Å². The second kappa shape index (κ2) is 41.0. The number of Topliss-reactive ketones (excluding diaryl/α,β-unsaturated/α-hetero) is 3. The molecule has 1 aromatic heterocycles. The van der Waals surface area contributed by atoms with Crippen molar-refractivity contribution in [3.05, 3.63) is 70.9 Å². The van der Waals surface area contributed by atoms with Crippen molar-refractivity contribution in [2.75, 3.05) is 60.3 Å². The van der Waals surface area contributed by atoms with Crippen LogP contribution in [0.25, 0.3) is 0 Å². The number of aromatic nitrogens is 2. The molecule has 13 atom stereocenters. The normalized spacial score (nSPS) is 18.3. The van der Waals surface area contributed by atoms with Gasteiger partial charge in [-0.15, -0.1) is 10.2 Å². The highest BCUT2D eigenvalue weighted by atomic mass is 19.2. The summed E-state index contributed by atoms with van der Waals surface area (Å²) in [7, 11) is 8.45. The molecule has 3 aromatic rings. The first-order chi connectivity index (χ1) is 49.5. The van der Waals surface area contributed by atoms with E-state index in [0.29, 0.717) is 37.1 Å². The maximum atomic E-state index is 14.6. The highest BCUT2D eigenvalue weighted by molar-refractivity contribution is 5.98. The molecule has 30 heteroatoms. The molecular formula is C75H111F4N11O15. The van der Waals surface area contributed by atoms with E-state index < -0.39 is 148 Å². The van der Waals surface area contributed by atoms with Gasteiger partial charge in [-0.1, -0.05) is 80.9 Å². The third kappa shape index (κ3) is 24.1. The Bertz CT molecular complexity index is 3430. The standard InChI is InChI=1S/C75H111F4N11O15/c1-17-43(8)68(88(14)73(99)52(40(2)3)36-56(93)67(42(6)7)87(12)13)57(102-15)37-61(96)90-30-19-21-53(90)69(103-16)45(10)54(91)34-50(35-59-86-83-39-104-59)71(97)82-38-47-22-24-51(25-23-47)84-72(98)48(20-18-29-81-75(80)101)33-55(92)66(41(4)5)85-58(94)26-27-60(95)89-31-28-49(32-44(89)9)74(100)105-70-64(78)62(76)46(11)63(77)65(70)79/h22-25,39-45,48-50,52-53,57,66-69H,17-21,26-38H2,1-16H3,(H,82,97)(H,84,98)(H,85,94)(H3,80,81,101)/t43-,44?,45-,48+,49?,50-,52-,53-,57+,66-,67-,68-,69+/m0/s1. The smallest absolute Gasteiger partial charge is 0.314 e. The largest absolute Gasteiger partial charge is 0.428 e. The van der Waals surface area contributed by atoms with Crippen LogP contribution in [0.1, 0.15) is 170 Å². The van der Waals surface area contributed by atoms with Gasteiger partial charge in [-0.3, -0.25) is 52.8 Å². The minimum atomic E-state index is -1.86. The lowest BCUT2D eigenvalue weighted by molar-refractivity contribution is -0.149. The van der Waals surface area contributed by atoms with Crippen molar-refractivity contribution >= 4 is 70.5 Å². The van der Waals surface area contributed by atoms with Crippen molar-refractivity contribution < 1.29 is 88.9 Å². The molecule has 0 bridgehead atoms. The maximum absolute atomic E-state index is 14.6. The summed E-state index contributed by atoms with van der Waals surface area (Å²) in [4.78, 5) is 158. The highest BCUT2D eigenvalue weighted by Crippen LogP contribution is 2.35. The van der Waals surface area contributed by atoms with Crippen LogP contribution >= 0.6 is 0 Å². The molecule has 0 radical (unpaired) electrons. The number of primary amides is 1. The predicted molar refractivity (Wildman–Crippen MR) is 381 cm³/mol. The fourth-order valence-electron chi connectivity index (χ4n) is 14.5. The number of amides is 8. The first-order valence-electron chi connectivity index (χ1n) is 36.4. The van der Waals surface area contributed by atoms with Gasteiger partial charge in [0.1, 0.15) is 5.78 Å². The zero-order valence-electron chi connectivity index (χ0n) is 63.7. The van der Waals surface area contributed by atoms with E-state index in [9.17, 15) is 70.3 Å². The summed E-state index contributed by atoms with van der Waals surface area (Å²) in [6.45, 7) is 19.8. The average molecular weight is 1480 g/mol. The molecular weight excluding hydrogens is 1370 g/mol. The van der Waals surface area contributed by atoms with E-state index in [-0.39, 0.29) is 143 Å². The Morgan fingerprint density at radius 2 is 1.38 bits per heavy atom. The number of piperidine rings is 1. The number of anilines is 1. The molecule has 26 nitrogen and oxygen atoms in total. The summed E-state index contributed by atoms with van der Waals surface area (Å²) in [5.41, 5.74) is 5.29. The fourth-order valence-corrected chi connectivity index (χ4v) is 14.5. The predicted octanol–water partition coefficient (Wildman–Crippen LogP) is 8.22. The molecule has 0 saturated carbocycles. The molecule has 2 fully saturated rings. The second-order valence-electron chi connectivity index (χ2n) is 29.4. The van der Waals surface area contributed by atoms with Crippen LogP contribution in [0.5, 0.6) is 5.75 Å². The number of esters is 1. The van der Waals surface area contributed by atoms with Crippen molar-refractivity contribution in [3.8, 4) is 5.75 Å². The molecule has 5 rings (SSSR count). The van der Waals surface area contributed by atoms with Gasteiger partial charge in [0.25, 0.3) is 0 Å². The molecule has 3 heterocycles. The van der Waals surface area contributed by atoms with E-state index >= 15 is 0 Å². The Morgan fingerprint density at radius 1 is 0.733 bits per heavy atom. The lowest BCUT2D eigenvalue weighted by Gasteiger charge is -2.41. The zero-order valence-corrected chi connectivity index (χ0v) is 63.7. The van der Waals surface area contributed by atoms with Crippen LogP contribution in [0, 0.1) is 83.5 Å².